The van der Waals surface area contributed by atoms with Crippen molar-refractivity contribution in [2.75, 3.05) is 38.7 Å². The fraction of sp³-hybridized carbons (Fsp3) is 0.467. The van der Waals surface area contributed by atoms with Crippen molar-refractivity contribution in [3.8, 4) is 0 Å². The lowest BCUT2D eigenvalue weighted by Gasteiger charge is -2.22. The van der Waals surface area contributed by atoms with Crippen LogP contribution in [0, 0.1) is 0 Å². The van der Waals surface area contributed by atoms with Gasteiger partial charge >= 0.3 is 0 Å². The summed E-state index contributed by atoms with van der Waals surface area (Å²) in [6.45, 7) is 4.35. The van der Waals surface area contributed by atoms with E-state index in [4.69, 9.17) is 5.73 Å². The molecule has 1 aromatic rings. The monoisotopic (exact) mass is 292 g/mol. The van der Waals surface area contributed by atoms with Gasteiger partial charge in [-0.1, -0.05) is 0 Å². The molecular weight excluding hydrogens is 268 g/mol. The predicted molar refractivity (Wildman–Crippen MR) is 85.3 cm³/mol. The summed E-state index contributed by atoms with van der Waals surface area (Å²) in [4.78, 5) is 27.0. The van der Waals surface area contributed by atoms with E-state index in [1.807, 2.05) is 6.92 Å². The molecule has 0 spiro atoms. The number of benzene rings is 1. The molecular formula is C15H24N4O2. The first kappa shape index (κ1) is 16.8. The summed E-state index contributed by atoms with van der Waals surface area (Å²) in [5.74, 6) is -0.117. The van der Waals surface area contributed by atoms with Crippen molar-refractivity contribution in [3.63, 3.8) is 0 Å². The maximum atomic E-state index is 12.0. The number of nitrogens with one attached hydrogen (secondary N) is 1. The van der Waals surface area contributed by atoms with Crippen molar-refractivity contribution >= 4 is 23.2 Å². The van der Waals surface area contributed by atoms with Gasteiger partial charge in [-0.15, -0.1) is 0 Å². The molecule has 0 saturated heterocycles. The summed E-state index contributed by atoms with van der Waals surface area (Å²) in [5.41, 5.74) is 7.57. The van der Waals surface area contributed by atoms with E-state index in [2.05, 4.69) is 5.32 Å². The van der Waals surface area contributed by atoms with Crippen LogP contribution in [0.15, 0.2) is 18.2 Å². The Labute approximate surface area is 125 Å². The maximum absolute atomic E-state index is 12.0. The third-order valence-electron chi connectivity index (χ3n) is 3.30. The number of rotatable bonds is 5. The molecule has 1 unspecified atom stereocenters. The van der Waals surface area contributed by atoms with E-state index in [-0.39, 0.29) is 17.9 Å². The van der Waals surface area contributed by atoms with Gasteiger partial charge in [0.15, 0.2) is 0 Å². The van der Waals surface area contributed by atoms with Gasteiger partial charge in [0, 0.05) is 33.3 Å². The van der Waals surface area contributed by atoms with Gasteiger partial charge in [-0.3, -0.25) is 9.59 Å². The minimum Gasteiger partial charge on any atom is -0.397 e. The fourth-order valence-corrected chi connectivity index (χ4v) is 1.87. The molecule has 21 heavy (non-hydrogen) atoms. The summed E-state index contributed by atoms with van der Waals surface area (Å²) in [7, 11) is 5.13. The molecule has 1 rings (SSSR count). The molecule has 0 heterocycles. The topological polar surface area (TPSA) is 78.7 Å². The second kappa shape index (κ2) is 6.97. The van der Waals surface area contributed by atoms with Gasteiger partial charge in [-0.25, -0.2) is 0 Å². The van der Waals surface area contributed by atoms with E-state index in [0.717, 1.165) is 0 Å². The number of nitrogens with zero attached hydrogens (tertiary/aromatic N) is 2. The zero-order valence-electron chi connectivity index (χ0n) is 13.3. The van der Waals surface area contributed by atoms with Gasteiger partial charge in [-0.2, -0.15) is 0 Å². The van der Waals surface area contributed by atoms with Gasteiger partial charge in [0.05, 0.1) is 11.4 Å². The van der Waals surface area contributed by atoms with Crippen molar-refractivity contribution in [2.24, 2.45) is 0 Å². The Morgan fingerprint density at radius 2 is 1.90 bits per heavy atom. The molecule has 2 amide bonds. The van der Waals surface area contributed by atoms with Gasteiger partial charge in [0.2, 0.25) is 5.91 Å². The summed E-state index contributed by atoms with van der Waals surface area (Å²) in [6.07, 6.45) is 0. The smallest absolute Gasteiger partial charge is 0.253 e. The molecule has 0 radical (unpaired) electrons. The zero-order chi connectivity index (χ0) is 16.2. The summed E-state index contributed by atoms with van der Waals surface area (Å²) in [6, 6.07) is 4.65. The lowest BCUT2D eigenvalue weighted by molar-refractivity contribution is -0.130. The van der Waals surface area contributed by atoms with Crippen LogP contribution in [0.2, 0.25) is 0 Å². The molecule has 1 atom stereocenters. The molecule has 0 aliphatic carbocycles. The molecule has 0 fully saturated rings. The molecule has 6 nitrogen and oxygen atoms in total. The highest BCUT2D eigenvalue weighted by atomic mass is 16.2. The molecule has 6 heteroatoms. The van der Waals surface area contributed by atoms with Crippen LogP contribution in [0.4, 0.5) is 11.4 Å². The number of amides is 2. The number of hydrogen-bond donors (Lipinski definition) is 2. The Hall–Kier alpha value is -2.24. The molecule has 0 bridgehead atoms. The van der Waals surface area contributed by atoms with Crippen molar-refractivity contribution in [3.05, 3.63) is 23.8 Å². The predicted octanol–water partition coefficient (Wildman–Crippen LogP) is 1.25. The second-order valence-corrected chi connectivity index (χ2v) is 5.22. The van der Waals surface area contributed by atoms with E-state index in [0.29, 0.717) is 23.5 Å². The van der Waals surface area contributed by atoms with Crippen molar-refractivity contribution in [1.29, 1.82) is 0 Å². The number of likely N-dealkylation sites (N-methyl/N-ethyl adjacent to an activating group) is 1. The third kappa shape index (κ3) is 4.11. The standard InChI is InChI=1S/C15H24N4O2/c1-6-19(5)14(20)10(2)17-13-8-7-11(9-12(13)16)15(21)18(3)4/h7-10,17H,6,16H2,1-5H3. The van der Waals surface area contributed by atoms with Crippen LogP contribution >= 0.6 is 0 Å². The normalized spacial score (nSPS) is 11.7. The highest BCUT2D eigenvalue weighted by Crippen LogP contribution is 2.21. The second-order valence-electron chi connectivity index (χ2n) is 5.22. The summed E-state index contributed by atoms with van der Waals surface area (Å²) in [5, 5.41) is 3.08. The van der Waals surface area contributed by atoms with Crippen LogP contribution in [0.1, 0.15) is 24.2 Å². The maximum Gasteiger partial charge on any atom is 0.253 e. The fourth-order valence-electron chi connectivity index (χ4n) is 1.87. The van der Waals surface area contributed by atoms with Crippen LogP contribution < -0.4 is 11.1 Å². The Kier molecular flexibility index (Phi) is 5.58. The summed E-state index contributed by atoms with van der Waals surface area (Å²) < 4.78 is 0. The quantitative estimate of drug-likeness (QED) is 0.801. The molecule has 0 saturated carbocycles. The number of nitrogen functional groups attached to an aromatic ring is 1. The molecule has 1 aromatic carbocycles. The Balaban J connectivity index is 2.86. The van der Waals surface area contributed by atoms with Crippen LogP contribution in [0.5, 0.6) is 0 Å². The van der Waals surface area contributed by atoms with E-state index >= 15 is 0 Å². The number of nitrogens with two attached hydrogens (primary N) is 1. The molecule has 0 aromatic heterocycles. The van der Waals surface area contributed by atoms with Gasteiger partial charge in [0.1, 0.15) is 6.04 Å². The Morgan fingerprint density at radius 1 is 1.29 bits per heavy atom. The largest absolute Gasteiger partial charge is 0.397 e. The van der Waals surface area contributed by atoms with E-state index in [9.17, 15) is 9.59 Å². The van der Waals surface area contributed by atoms with Crippen molar-refractivity contribution in [1.82, 2.24) is 9.80 Å². The van der Waals surface area contributed by atoms with E-state index < -0.39 is 0 Å². The average molecular weight is 292 g/mol. The molecule has 0 aliphatic rings. The van der Waals surface area contributed by atoms with Gasteiger partial charge in [-0.05, 0) is 32.0 Å². The van der Waals surface area contributed by atoms with E-state index in [1.165, 1.54) is 4.90 Å². The summed E-state index contributed by atoms with van der Waals surface area (Å²) >= 11 is 0. The van der Waals surface area contributed by atoms with Gasteiger partial charge in [0.25, 0.3) is 5.91 Å². The average Bonchev–Trinajstić information content (AvgIpc) is 2.46. The third-order valence-corrected chi connectivity index (χ3v) is 3.30. The lowest BCUT2D eigenvalue weighted by atomic mass is 10.1. The first-order valence-electron chi connectivity index (χ1n) is 6.90. The van der Waals surface area contributed by atoms with Crippen LogP contribution in [-0.4, -0.2) is 55.3 Å². The minimum atomic E-state index is -0.382. The van der Waals surface area contributed by atoms with Crippen LogP contribution in [0.3, 0.4) is 0 Å². The van der Waals surface area contributed by atoms with Crippen LogP contribution in [-0.2, 0) is 4.79 Å². The number of carbonyl (C=O) groups excluding carboxylic acids is 2. The van der Waals surface area contributed by atoms with Crippen molar-refractivity contribution < 1.29 is 9.59 Å². The number of carbonyl (C=O) groups is 2. The van der Waals surface area contributed by atoms with Crippen LogP contribution in [0.25, 0.3) is 0 Å². The highest BCUT2D eigenvalue weighted by Gasteiger charge is 2.17. The number of anilines is 2. The van der Waals surface area contributed by atoms with E-state index in [1.54, 1.807) is 51.2 Å². The van der Waals surface area contributed by atoms with Gasteiger partial charge < -0.3 is 20.9 Å². The first-order chi connectivity index (χ1) is 9.77. The van der Waals surface area contributed by atoms with Crippen molar-refractivity contribution in [2.45, 2.75) is 19.9 Å². The Bertz CT molecular complexity index is 528. The molecule has 0 aliphatic heterocycles. The lowest BCUT2D eigenvalue weighted by Crippen LogP contribution is -2.39. The Morgan fingerprint density at radius 3 is 2.38 bits per heavy atom. The number of hydrogen-bond acceptors (Lipinski definition) is 4. The molecule has 116 valence electrons. The SMILES string of the molecule is CCN(C)C(=O)C(C)Nc1ccc(C(=O)N(C)C)cc1N. The highest BCUT2D eigenvalue weighted by molar-refractivity contribution is 5.96. The minimum absolute atomic E-state index is 0.00894. The zero-order valence-corrected chi connectivity index (χ0v) is 13.3. The first-order valence-corrected chi connectivity index (χ1v) is 6.90. The molecule has 3 N–H and O–H groups in total.